The van der Waals surface area contributed by atoms with Gasteiger partial charge in [-0.3, -0.25) is 0 Å². The predicted molar refractivity (Wildman–Crippen MR) is 77.9 cm³/mol. The van der Waals surface area contributed by atoms with Gasteiger partial charge in [-0.15, -0.1) is 13.2 Å². The van der Waals surface area contributed by atoms with E-state index in [1.165, 1.54) is 0 Å². The van der Waals surface area contributed by atoms with Crippen molar-refractivity contribution in [3.8, 4) is 0 Å². The first-order chi connectivity index (χ1) is 7.65. The standard InChI is InChI=1S/C14H28O2Si/c1-9-11-15-12(3)13(10-2)16-17(7,8)14(4,5)6/h9-10,12-13H,1-2,11H2,3-8H3/t12-,13-/m0/s1. The van der Waals surface area contributed by atoms with Crippen LogP contribution < -0.4 is 0 Å². The Kier molecular flexibility index (Phi) is 6.38. The van der Waals surface area contributed by atoms with Crippen molar-refractivity contribution in [2.24, 2.45) is 0 Å². The van der Waals surface area contributed by atoms with Crippen LogP contribution in [0.25, 0.3) is 0 Å². The molecule has 0 aliphatic rings. The quantitative estimate of drug-likeness (QED) is 0.503. The summed E-state index contributed by atoms with van der Waals surface area (Å²) in [5.41, 5.74) is 0. The highest BCUT2D eigenvalue weighted by molar-refractivity contribution is 6.74. The zero-order valence-electron chi connectivity index (χ0n) is 12.2. The van der Waals surface area contributed by atoms with Crippen molar-refractivity contribution in [1.82, 2.24) is 0 Å². The van der Waals surface area contributed by atoms with Crippen LogP contribution in [0.3, 0.4) is 0 Å². The molecule has 100 valence electrons. The molecular weight excluding hydrogens is 228 g/mol. The smallest absolute Gasteiger partial charge is 0.193 e. The summed E-state index contributed by atoms with van der Waals surface area (Å²) in [5, 5.41) is 0.201. The topological polar surface area (TPSA) is 18.5 Å². The van der Waals surface area contributed by atoms with Crippen LogP contribution in [0.15, 0.2) is 25.3 Å². The number of rotatable bonds is 7. The van der Waals surface area contributed by atoms with Gasteiger partial charge >= 0.3 is 0 Å². The van der Waals surface area contributed by atoms with Gasteiger partial charge in [-0.05, 0) is 25.1 Å². The molecule has 0 rings (SSSR count). The van der Waals surface area contributed by atoms with Gasteiger partial charge in [0, 0.05) is 0 Å². The van der Waals surface area contributed by atoms with Gasteiger partial charge in [0.1, 0.15) is 0 Å². The van der Waals surface area contributed by atoms with E-state index in [4.69, 9.17) is 9.16 Å². The van der Waals surface area contributed by atoms with Crippen LogP contribution in [-0.4, -0.2) is 27.1 Å². The molecule has 0 spiro atoms. The zero-order chi connectivity index (χ0) is 13.7. The zero-order valence-corrected chi connectivity index (χ0v) is 13.2. The van der Waals surface area contributed by atoms with E-state index >= 15 is 0 Å². The average Bonchev–Trinajstić information content (AvgIpc) is 2.20. The molecular formula is C14H28O2Si. The Morgan fingerprint density at radius 1 is 1.24 bits per heavy atom. The lowest BCUT2D eigenvalue weighted by molar-refractivity contribution is 0.0128. The summed E-state index contributed by atoms with van der Waals surface area (Å²) < 4.78 is 11.9. The Labute approximate surface area is 108 Å². The largest absolute Gasteiger partial charge is 0.408 e. The average molecular weight is 256 g/mol. The second-order valence-corrected chi connectivity index (χ2v) is 10.7. The summed E-state index contributed by atoms with van der Waals surface area (Å²) >= 11 is 0. The maximum atomic E-state index is 6.27. The fraction of sp³-hybridized carbons (Fsp3) is 0.714. The van der Waals surface area contributed by atoms with Gasteiger partial charge in [0.2, 0.25) is 0 Å². The van der Waals surface area contributed by atoms with E-state index < -0.39 is 8.32 Å². The minimum Gasteiger partial charge on any atom is -0.408 e. The van der Waals surface area contributed by atoms with Gasteiger partial charge in [-0.2, -0.15) is 0 Å². The number of hydrogen-bond donors (Lipinski definition) is 0. The number of ether oxygens (including phenoxy) is 1. The molecule has 0 bridgehead atoms. The molecule has 0 amide bonds. The van der Waals surface area contributed by atoms with Crippen LogP contribution in [0.4, 0.5) is 0 Å². The Hall–Kier alpha value is -0.383. The van der Waals surface area contributed by atoms with Crippen molar-refractivity contribution >= 4 is 8.32 Å². The summed E-state index contributed by atoms with van der Waals surface area (Å²) in [7, 11) is -1.77. The van der Waals surface area contributed by atoms with E-state index in [9.17, 15) is 0 Å². The van der Waals surface area contributed by atoms with E-state index in [-0.39, 0.29) is 17.2 Å². The molecule has 0 saturated carbocycles. The lowest BCUT2D eigenvalue weighted by Crippen LogP contribution is -2.46. The molecule has 0 heterocycles. The molecule has 0 aliphatic carbocycles. The van der Waals surface area contributed by atoms with Crippen molar-refractivity contribution in [3.63, 3.8) is 0 Å². The van der Waals surface area contributed by atoms with E-state index in [1.807, 2.05) is 13.0 Å². The Balaban J connectivity index is 4.59. The van der Waals surface area contributed by atoms with Crippen molar-refractivity contribution in [2.45, 2.75) is 58.0 Å². The van der Waals surface area contributed by atoms with Gasteiger partial charge < -0.3 is 9.16 Å². The molecule has 0 fully saturated rings. The van der Waals surface area contributed by atoms with E-state index in [0.29, 0.717) is 6.61 Å². The molecule has 2 nitrogen and oxygen atoms in total. The Morgan fingerprint density at radius 2 is 1.76 bits per heavy atom. The summed E-state index contributed by atoms with van der Waals surface area (Å²) in [6, 6.07) is 0. The second-order valence-electron chi connectivity index (χ2n) is 5.91. The van der Waals surface area contributed by atoms with E-state index in [1.54, 1.807) is 6.08 Å². The first-order valence-electron chi connectivity index (χ1n) is 6.18. The highest BCUT2D eigenvalue weighted by Crippen LogP contribution is 2.37. The number of hydrogen-bond acceptors (Lipinski definition) is 2. The minimum atomic E-state index is -1.77. The Morgan fingerprint density at radius 3 is 2.12 bits per heavy atom. The second kappa shape index (κ2) is 6.52. The van der Waals surface area contributed by atoms with Crippen molar-refractivity contribution in [3.05, 3.63) is 25.3 Å². The first-order valence-corrected chi connectivity index (χ1v) is 9.09. The molecule has 0 aromatic carbocycles. The molecule has 0 radical (unpaired) electrons. The van der Waals surface area contributed by atoms with Crippen molar-refractivity contribution in [2.75, 3.05) is 6.61 Å². The fourth-order valence-electron chi connectivity index (χ4n) is 1.17. The van der Waals surface area contributed by atoms with Gasteiger partial charge in [0.15, 0.2) is 8.32 Å². The van der Waals surface area contributed by atoms with Crippen LogP contribution in [0.5, 0.6) is 0 Å². The molecule has 2 atom stereocenters. The highest BCUT2D eigenvalue weighted by Gasteiger charge is 2.39. The third-order valence-electron chi connectivity index (χ3n) is 3.41. The third kappa shape index (κ3) is 5.19. The van der Waals surface area contributed by atoms with E-state index in [0.717, 1.165) is 0 Å². The van der Waals surface area contributed by atoms with Crippen LogP contribution in [0, 0.1) is 0 Å². The van der Waals surface area contributed by atoms with E-state index in [2.05, 4.69) is 47.0 Å². The molecule has 0 saturated heterocycles. The monoisotopic (exact) mass is 256 g/mol. The molecule has 17 heavy (non-hydrogen) atoms. The molecule has 0 aromatic heterocycles. The predicted octanol–water partition coefficient (Wildman–Crippen LogP) is 4.15. The SMILES string of the molecule is C=CCO[C@@H](C)[C@H](C=C)O[Si](C)(C)C(C)(C)C. The van der Waals surface area contributed by atoms with Crippen molar-refractivity contribution in [1.29, 1.82) is 0 Å². The van der Waals surface area contributed by atoms with Gasteiger partial charge in [-0.1, -0.05) is 32.9 Å². The highest BCUT2D eigenvalue weighted by atomic mass is 28.4. The molecule has 0 aromatic rings. The van der Waals surface area contributed by atoms with Crippen LogP contribution in [0.2, 0.25) is 18.1 Å². The lowest BCUT2D eigenvalue weighted by Gasteiger charge is -2.39. The third-order valence-corrected chi connectivity index (χ3v) is 7.88. The van der Waals surface area contributed by atoms with Gasteiger partial charge in [0.05, 0.1) is 18.8 Å². The first kappa shape index (κ1) is 16.6. The Bertz CT molecular complexity index is 253. The van der Waals surface area contributed by atoms with Crippen molar-refractivity contribution < 1.29 is 9.16 Å². The maximum Gasteiger partial charge on any atom is 0.193 e. The molecule has 3 heteroatoms. The van der Waals surface area contributed by atoms with Gasteiger partial charge in [0.25, 0.3) is 0 Å². The fourth-order valence-corrected chi connectivity index (χ4v) is 2.49. The maximum absolute atomic E-state index is 6.27. The van der Waals surface area contributed by atoms with Gasteiger partial charge in [-0.25, -0.2) is 0 Å². The molecule has 0 aliphatic heterocycles. The summed E-state index contributed by atoms with van der Waals surface area (Å²) in [4.78, 5) is 0. The van der Waals surface area contributed by atoms with Crippen LogP contribution >= 0.6 is 0 Å². The normalized spacial score (nSPS) is 16.4. The summed E-state index contributed by atoms with van der Waals surface area (Å²) in [6.45, 7) is 21.2. The lowest BCUT2D eigenvalue weighted by atomic mass is 10.2. The minimum absolute atomic E-state index is 0.0135. The summed E-state index contributed by atoms with van der Waals surface area (Å²) in [5.74, 6) is 0. The summed E-state index contributed by atoms with van der Waals surface area (Å²) in [6.07, 6.45) is 3.56. The van der Waals surface area contributed by atoms with Crippen LogP contribution in [-0.2, 0) is 9.16 Å². The van der Waals surface area contributed by atoms with Crippen LogP contribution in [0.1, 0.15) is 27.7 Å². The molecule has 0 N–H and O–H groups in total. The molecule has 0 unspecified atom stereocenters.